The molecule has 0 amide bonds. The summed E-state index contributed by atoms with van der Waals surface area (Å²) in [7, 11) is 0. The van der Waals surface area contributed by atoms with Gasteiger partial charge in [0.25, 0.3) is 0 Å². The van der Waals surface area contributed by atoms with Crippen LogP contribution in [0.15, 0.2) is 36.7 Å². The number of ether oxygens (including phenoxy) is 1. The van der Waals surface area contributed by atoms with Gasteiger partial charge in [0, 0.05) is 17.0 Å². The Hall–Kier alpha value is -3.26. The molecule has 2 fully saturated rings. The third-order valence-electron chi connectivity index (χ3n) is 6.29. The van der Waals surface area contributed by atoms with E-state index in [1.54, 1.807) is 4.68 Å². The zero-order valence-electron chi connectivity index (χ0n) is 17.2. The molecule has 8 heteroatoms. The lowest BCUT2D eigenvalue weighted by atomic mass is 10.0. The van der Waals surface area contributed by atoms with Gasteiger partial charge in [0.2, 0.25) is 5.88 Å². The summed E-state index contributed by atoms with van der Waals surface area (Å²) >= 11 is 0. The Morgan fingerprint density at radius 2 is 1.97 bits per heavy atom. The Labute approximate surface area is 179 Å². The van der Waals surface area contributed by atoms with E-state index in [1.807, 2.05) is 30.3 Å². The average molecular weight is 416 g/mol. The van der Waals surface area contributed by atoms with E-state index >= 15 is 0 Å². The van der Waals surface area contributed by atoms with E-state index in [2.05, 4.69) is 15.0 Å². The van der Waals surface area contributed by atoms with Crippen LogP contribution in [0.4, 0.5) is 5.82 Å². The van der Waals surface area contributed by atoms with Crippen LogP contribution in [0, 0.1) is 0 Å². The Bertz CT molecular complexity index is 1290. The van der Waals surface area contributed by atoms with Gasteiger partial charge >= 0.3 is 0 Å². The van der Waals surface area contributed by atoms with Crippen LogP contribution in [0.1, 0.15) is 38.5 Å². The average Bonchev–Trinajstić information content (AvgIpc) is 3.36. The van der Waals surface area contributed by atoms with Gasteiger partial charge in [-0.1, -0.05) is 18.9 Å². The molecular weight excluding hydrogens is 392 g/mol. The van der Waals surface area contributed by atoms with E-state index in [0.717, 1.165) is 60.7 Å². The molecular formula is C23H24N6O2. The molecule has 6 rings (SSSR count). The number of aromatic nitrogens is 5. The predicted molar refractivity (Wildman–Crippen MR) is 118 cm³/mol. The molecule has 3 N–H and O–H groups in total. The Morgan fingerprint density at radius 1 is 1.13 bits per heavy atom. The van der Waals surface area contributed by atoms with E-state index in [9.17, 15) is 5.11 Å². The molecule has 4 aromatic rings. The summed E-state index contributed by atoms with van der Waals surface area (Å²) < 4.78 is 7.59. The summed E-state index contributed by atoms with van der Waals surface area (Å²) in [5.74, 6) is 1.05. The number of nitrogens with zero attached hydrogens (tertiary/aromatic N) is 5. The summed E-state index contributed by atoms with van der Waals surface area (Å²) in [5.41, 5.74) is 8.64. The highest BCUT2D eigenvalue weighted by Gasteiger charge is 2.33. The first-order valence-electron chi connectivity index (χ1n) is 10.9. The summed E-state index contributed by atoms with van der Waals surface area (Å²) in [4.78, 5) is 13.2. The van der Waals surface area contributed by atoms with Crippen molar-refractivity contribution in [3.8, 4) is 17.1 Å². The molecule has 0 radical (unpaired) electrons. The fourth-order valence-electron chi connectivity index (χ4n) is 4.49. The molecule has 2 saturated carbocycles. The lowest BCUT2D eigenvalue weighted by Crippen LogP contribution is -2.31. The molecule has 3 aromatic heterocycles. The lowest BCUT2D eigenvalue weighted by Gasteiger charge is -2.21. The highest BCUT2D eigenvalue weighted by Crippen LogP contribution is 2.36. The lowest BCUT2D eigenvalue weighted by molar-refractivity contribution is 0.0277. The smallest absolute Gasteiger partial charge is 0.214 e. The number of fused-ring (bicyclic) bond motifs is 2. The van der Waals surface area contributed by atoms with Gasteiger partial charge in [0.1, 0.15) is 23.9 Å². The molecule has 2 aliphatic carbocycles. The molecule has 3 heterocycles. The van der Waals surface area contributed by atoms with Gasteiger partial charge in [-0.25, -0.2) is 19.6 Å². The molecule has 31 heavy (non-hydrogen) atoms. The minimum Gasteiger partial charge on any atom is -0.474 e. The van der Waals surface area contributed by atoms with E-state index in [0.29, 0.717) is 35.4 Å². The molecule has 0 atom stereocenters. The fourth-order valence-corrected chi connectivity index (χ4v) is 4.49. The topological polar surface area (TPSA) is 112 Å². The van der Waals surface area contributed by atoms with Gasteiger partial charge in [-0.05, 0) is 43.9 Å². The molecule has 8 nitrogen and oxygen atoms in total. The van der Waals surface area contributed by atoms with Crippen LogP contribution in [0.5, 0.6) is 5.88 Å². The standard InChI is InChI=1S/C23H24N6O2/c24-21-19-20(28-29(22(19)26-13-25-21)12-23(30)9-1-2-10-23)15-3-7-17-14(11-15)4-8-18(27-17)31-16-5-6-16/h3-4,7-8,11,13,16,30H,1-2,5-6,9-10,12H2,(H2,24,25,26). The van der Waals surface area contributed by atoms with Gasteiger partial charge in [-0.2, -0.15) is 5.10 Å². The fraction of sp³-hybridized carbons (Fsp3) is 0.391. The maximum Gasteiger partial charge on any atom is 0.214 e. The van der Waals surface area contributed by atoms with Crippen molar-refractivity contribution in [2.45, 2.75) is 56.8 Å². The second-order valence-corrected chi connectivity index (χ2v) is 8.77. The Balaban J connectivity index is 1.43. The Morgan fingerprint density at radius 3 is 2.77 bits per heavy atom. The van der Waals surface area contributed by atoms with Crippen LogP contribution < -0.4 is 10.5 Å². The predicted octanol–water partition coefficient (Wildman–Crippen LogP) is 3.47. The number of pyridine rings is 1. The molecule has 0 saturated heterocycles. The van der Waals surface area contributed by atoms with Crippen molar-refractivity contribution in [3.05, 3.63) is 36.7 Å². The second kappa shape index (κ2) is 6.88. The number of nitrogens with two attached hydrogens (primary N) is 1. The van der Waals surface area contributed by atoms with Crippen molar-refractivity contribution in [2.75, 3.05) is 5.73 Å². The van der Waals surface area contributed by atoms with Crippen LogP contribution in [-0.4, -0.2) is 41.5 Å². The maximum atomic E-state index is 10.9. The summed E-state index contributed by atoms with van der Waals surface area (Å²) in [6, 6.07) is 9.93. The minimum absolute atomic E-state index is 0.317. The van der Waals surface area contributed by atoms with Crippen LogP contribution >= 0.6 is 0 Å². The second-order valence-electron chi connectivity index (χ2n) is 8.77. The van der Waals surface area contributed by atoms with E-state index < -0.39 is 5.60 Å². The van der Waals surface area contributed by atoms with Crippen molar-refractivity contribution < 1.29 is 9.84 Å². The first-order valence-corrected chi connectivity index (χ1v) is 10.9. The van der Waals surface area contributed by atoms with Crippen molar-refractivity contribution >= 4 is 27.8 Å². The SMILES string of the molecule is Nc1ncnc2c1c(-c1ccc3nc(OC4CC4)ccc3c1)nn2CC1(O)CCCC1. The third kappa shape index (κ3) is 3.37. The molecule has 2 aliphatic rings. The van der Waals surface area contributed by atoms with Crippen molar-refractivity contribution in [3.63, 3.8) is 0 Å². The monoisotopic (exact) mass is 416 g/mol. The van der Waals surface area contributed by atoms with Crippen LogP contribution in [0.3, 0.4) is 0 Å². The quantitative estimate of drug-likeness (QED) is 0.512. The molecule has 0 aliphatic heterocycles. The molecule has 0 spiro atoms. The number of nitrogen functional groups attached to an aromatic ring is 1. The highest BCUT2D eigenvalue weighted by atomic mass is 16.5. The Kier molecular flexibility index (Phi) is 4.11. The number of hydrogen-bond donors (Lipinski definition) is 2. The summed E-state index contributed by atoms with van der Waals surface area (Å²) in [5, 5.41) is 17.5. The summed E-state index contributed by atoms with van der Waals surface area (Å²) in [6.45, 7) is 0.400. The number of hydrogen-bond acceptors (Lipinski definition) is 7. The van der Waals surface area contributed by atoms with Crippen LogP contribution in [0.2, 0.25) is 0 Å². The number of aliphatic hydroxyl groups is 1. The van der Waals surface area contributed by atoms with Gasteiger partial charge < -0.3 is 15.6 Å². The van der Waals surface area contributed by atoms with Gasteiger partial charge in [0.15, 0.2) is 5.65 Å². The number of anilines is 1. The van der Waals surface area contributed by atoms with Gasteiger partial charge in [-0.3, -0.25) is 0 Å². The van der Waals surface area contributed by atoms with Crippen molar-refractivity contribution in [2.24, 2.45) is 0 Å². The van der Waals surface area contributed by atoms with Gasteiger partial charge in [0.05, 0.1) is 23.0 Å². The van der Waals surface area contributed by atoms with E-state index in [1.165, 1.54) is 6.33 Å². The molecule has 158 valence electrons. The molecule has 0 unspecified atom stereocenters. The first kappa shape index (κ1) is 18.5. The van der Waals surface area contributed by atoms with Crippen molar-refractivity contribution in [1.82, 2.24) is 24.7 Å². The largest absolute Gasteiger partial charge is 0.474 e. The number of benzene rings is 1. The third-order valence-corrected chi connectivity index (χ3v) is 6.29. The summed E-state index contributed by atoms with van der Waals surface area (Å²) in [6.07, 6.45) is 7.59. The molecule has 0 bridgehead atoms. The molecule has 1 aromatic carbocycles. The van der Waals surface area contributed by atoms with E-state index in [4.69, 9.17) is 15.6 Å². The maximum absolute atomic E-state index is 10.9. The number of rotatable bonds is 5. The highest BCUT2D eigenvalue weighted by molar-refractivity contribution is 5.99. The van der Waals surface area contributed by atoms with Crippen molar-refractivity contribution in [1.29, 1.82) is 0 Å². The van der Waals surface area contributed by atoms with Crippen LogP contribution in [0.25, 0.3) is 33.2 Å². The van der Waals surface area contributed by atoms with E-state index in [-0.39, 0.29) is 0 Å². The van der Waals surface area contributed by atoms with Crippen LogP contribution in [-0.2, 0) is 6.54 Å². The zero-order chi connectivity index (χ0) is 21.0. The minimum atomic E-state index is -0.749. The first-order chi connectivity index (χ1) is 15.1. The van der Waals surface area contributed by atoms with Gasteiger partial charge in [-0.15, -0.1) is 0 Å². The normalized spacial score (nSPS) is 18.1. The zero-order valence-corrected chi connectivity index (χ0v) is 17.2.